The molecule has 0 aromatic carbocycles. The number of pyridine rings is 1. The summed E-state index contributed by atoms with van der Waals surface area (Å²) in [4.78, 5) is 3.90. The van der Waals surface area contributed by atoms with Gasteiger partial charge in [0.25, 0.3) is 0 Å². The zero-order chi connectivity index (χ0) is 7.40. The first-order chi connectivity index (χ1) is 4.86. The molecule has 1 aromatic heterocycles. The van der Waals surface area contributed by atoms with Crippen molar-refractivity contribution < 1.29 is 7.80 Å². The maximum atomic E-state index is 4.93. The van der Waals surface area contributed by atoms with Crippen LogP contribution >= 0.6 is 23.0 Å². The maximum absolute atomic E-state index is 4.93. The molecule has 3 nitrogen and oxygen atoms in total. The average molecular weight is 251 g/mol. The molecule has 0 saturated carbocycles. The van der Waals surface area contributed by atoms with Gasteiger partial charge < -0.3 is 7.80 Å². The molecular weight excluding hydrogens is 245 g/mol. The summed E-state index contributed by atoms with van der Waals surface area (Å²) < 4.78 is 9.77. The smallest absolute Gasteiger partial charge is 0.228 e. The summed E-state index contributed by atoms with van der Waals surface area (Å²) in [5.41, 5.74) is 0. The number of aromatic nitrogens is 1. The van der Waals surface area contributed by atoms with Crippen molar-refractivity contribution in [2.45, 2.75) is 0 Å². The molecule has 4 heteroatoms. The van der Waals surface area contributed by atoms with Crippen LogP contribution < -0.4 is 7.80 Å². The van der Waals surface area contributed by atoms with Crippen molar-refractivity contribution in [3.05, 3.63) is 18.3 Å². The van der Waals surface area contributed by atoms with E-state index in [1.54, 1.807) is 48.4 Å². The lowest BCUT2D eigenvalue weighted by molar-refractivity contribution is 0.412. The van der Waals surface area contributed by atoms with E-state index in [1.165, 1.54) is 0 Å². The zero-order valence-corrected chi connectivity index (χ0v) is 7.53. The number of ether oxygens (including phenoxy) is 1. The van der Waals surface area contributed by atoms with Gasteiger partial charge >= 0.3 is 0 Å². The number of hydrogen-bond donors (Lipinski definition) is 0. The van der Waals surface area contributed by atoms with E-state index in [0.29, 0.717) is 5.88 Å². The van der Waals surface area contributed by atoms with Crippen LogP contribution in [0.1, 0.15) is 0 Å². The van der Waals surface area contributed by atoms with Crippen molar-refractivity contribution in [1.29, 1.82) is 0 Å². The van der Waals surface area contributed by atoms with Gasteiger partial charge in [0, 0.05) is 12.3 Å². The van der Waals surface area contributed by atoms with Crippen molar-refractivity contribution >= 4 is 23.0 Å². The van der Waals surface area contributed by atoms with Crippen LogP contribution in [0, 0.1) is 0 Å². The highest BCUT2D eigenvalue weighted by Crippen LogP contribution is 2.16. The van der Waals surface area contributed by atoms with Crippen LogP contribution in [0.5, 0.6) is 11.6 Å². The standard InChI is InChI=1S/C6H6INO2/c1-9-5-2-3-8-6(4-5)10-7/h2-4H,1H3. The Morgan fingerprint density at radius 3 is 3.00 bits per heavy atom. The summed E-state index contributed by atoms with van der Waals surface area (Å²) in [6.45, 7) is 0. The molecule has 0 aliphatic carbocycles. The molecular formula is C6H6INO2. The molecule has 0 fully saturated rings. The highest BCUT2D eigenvalue weighted by Gasteiger charge is 1.94. The fourth-order valence-corrected chi connectivity index (χ4v) is 0.801. The first-order valence-corrected chi connectivity index (χ1v) is 3.53. The Morgan fingerprint density at radius 2 is 2.40 bits per heavy atom. The monoisotopic (exact) mass is 251 g/mol. The first kappa shape index (κ1) is 7.59. The molecule has 0 bridgehead atoms. The minimum absolute atomic E-state index is 0.556. The summed E-state index contributed by atoms with van der Waals surface area (Å²) in [5, 5.41) is 0. The molecule has 54 valence electrons. The van der Waals surface area contributed by atoms with Crippen LogP contribution in [0.15, 0.2) is 18.3 Å². The highest BCUT2D eigenvalue weighted by molar-refractivity contribution is 14.1. The Kier molecular flexibility index (Phi) is 2.73. The van der Waals surface area contributed by atoms with E-state index in [9.17, 15) is 0 Å². The number of hydrogen-bond acceptors (Lipinski definition) is 3. The molecule has 0 saturated heterocycles. The summed E-state index contributed by atoms with van der Waals surface area (Å²) in [6, 6.07) is 3.48. The molecule has 0 aliphatic heterocycles. The van der Waals surface area contributed by atoms with Crippen LogP contribution in [-0.4, -0.2) is 12.1 Å². The Labute approximate surface area is 73.1 Å². The van der Waals surface area contributed by atoms with Gasteiger partial charge in [-0.3, -0.25) is 0 Å². The second-order valence-corrected chi connectivity index (χ2v) is 2.05. The van der Waals surface area contributed by atoms with Crippen molar-refractivity contribution in [1.82, 2.24) is 4.98 Å². The normalized spacial score (nSPS) is 9.00. The Balaban J connectivity index is 2.87. The van der Waals surface area contributed by atoms with Gasteiger partial charge in [0.2, 0.25) is 5.88 Å². The molecule has 0 unspecified atom stereocenters. The molecule has 0 amide bonds. The largest absolute Gasteiger partial charge is 0.497 e. The molecule has 0 radical (unpaired) electrons. The molecule has 1 rings (SSSR count). The Bertz CT molecular complexity index is 197. The third-order valence-corrected chi connectivity index (χ3v) is 1.47. The molecule has 0 N–H and O–H groups in total. The van der Waals surface area contributed by atoms with Crippen molar-refractivity contribution in [2.24, 2.45) is 0 Å². The predicted octanol–water partition coefficient (Wildman–Crippen LogP) is 1.82. The molecule has 1 aromatic rings. The van der Waals surface area contributed by atoms with E-state index in [4.69, 9.17) is 7.80 Å². The van der Waals surface area contributed by atoms with Crippen molar-refractivity contribution in [3.63, 3.8) is 0 Å². The van der Waals surface area contributed by atoms with Gasteiger partial charge in [-0.15, -0.1) is 0 Å². The van der Waals surface area contributed by atoms with Gasteiger partial charge in [-0.2, -0.15) is 0 Å². The molecule has 0 atom stereocenters. The number of methoxy groups -OCH3 is 1. The fraction of sp³-hybridized carbons (Fsp3) is 0.167. The molecule has 1 heterocycles. The maximum Gasteiger partial charge on any atom is 0.228 e. The van der Waals surface area contributed by atoms with Crippen molar-refractivity contribution in [3.8, 4) is 11.6 Å². The van der Waals surface area contributed by atoms with Crippen LogP contribution in [0.25, 0.3) is 0 Å². The molecule has 0 aliphatic rings. The van der Waals surface area contributed by atoms with E-state index in [1.807, 2.05) is 0 Å². The SMILES string of the molecule is COc1ccnc(OI)c1. The Hall–Kier alpha value is -0.520. The van der Waals surface area contributed by atoms with E-state index >= 15 is 0 Å². The highest BCUT2D eigenvalue weighted by atomic mass is 127. The number of halogens is 1. The molecule has 0 spiro atoms. The molecule has 10 heavy (non-hydrogen) atoms. The van der Waals surface area contributed by atoms with Crippen molar-refractivity contribution in [2.75, 3.05) is 7.11 Å². The average Bonchev–Trinajstić information content (AvgIpc) is 2.05. The quantitative estimate of drug-likeness (QED) is 0.751. The summed E-state index contributed by atoms with van der Waals surface area (Å²) in [6.07, 6.45) is 1.63. The topological polar surface area (TPSA) is 31.4 Å². The third-order valence-electron chi connectivity index (χ3n) is 1.02. The Morgan fingerprint density at radius 1 is 1.60 bits per heavy atom. The van der Waals surface area contributed by atoms with Crippen LogP contribution in [0.2, 0.25) is 0 Å². The van der Waals surface area contributed by atoms with Gasteiger partial charge in [-0.25, -0.2) is 4.98 Å². The second kappa shape index (κ2) is 3.60. The van der Waals surface area contributed by atoms with Crippen LogP contribution in [0.3, 0.4) is 0 Å². The van der Waals surface area contributed by atoms with Gasteiger partial charge in [0.1, 0.15) is 5.75 Å². The van der Waals surface area contributed by atoms with Crippen LogP contribution in [0.4, 0.5) is 0 Å². The second-order valence-electron chi connectivity index (χ2n) is 1.61. The first-order valence-electron chi connectivity index (χ1n) is 2.65. The minimum Gasteiger partial charge on any atom is -0.497 e. The zero-order valence-electron chi connectivity index (χ0n) is 5.37. The van der Waals surface area contributed by atoms with E-state index in [0.717, 1.165) is 5.75 Å². The summed E-state index contributed by atoms with van der Waals surface area (Å²) in [5.74, 6) is 1.31. The van der Waals surface area contributed by atoms with E-state index in [2.05, 4.69) is 4.98 Å². The minimum atomic E-state index is 0.556. The lowest BCUT2D eigenvalue weighted by atomic mass is 10.4. The fourth-order valence-electron chi connectivity index (χ4n) is 0.560. The third kappa shape index (κ3) is 1.73. The lowest BCUT2D eigenvalue weighted by Crippen LogP contribution is -1.84. The van der Waals surface area contributed by atoms with E-state index < -0.39 is 0 Å². The van der Waals surface area contributed by atoms with Crippen LogP contribution in [-0.2, 0) is 0 Å². The van der Waals surface area contributed by atoms with Gasteiger partial charge in [0.15, 0.2) is 23.0 Å². The number of rotatable bonds is 2. The van der Waals surface area contributed by atoms with Gasteiger partial charge in [0.05, 0.1) is 7.11 Å². The summed E-state index contributed by atoms with van der Waals surface area (Å²) >= 11 is 1.77. The van der Waals surface area contributed by atoms with E-state index in [-0.39, 0.29) is 0 Å². The lowest BCUT2D eigenvalue weighted by Gasteiger charge is -1.98. The summed E-state index contributed by atoms with van der Waals surface area (Å²) in [7, 11) is 1.60. The predicted molar refractivity (Wildman–Crippen MR) is 45.4 cm³/mol. The number of nitrogens with zero attached hydrogens (tertiary/aromatic N) is 1. The van der Waals surface area contributed by atoms with Gasteiger partial charge in [-0.1, -0.05) is 0 Å². The van der Waals surface area contributed by atoms with Gasteiger partial charge in [-0.05, 0) is 6.07 Å².